The molecule has 0 fully saturated rings. The summed E-state index contributed by atoms with van der Waals surface area (Å²) in [5, 5.41) is 11.0. The summed E-state index contributed by atoms with van der Waals surface area (Å²) in [4.78, 5) is 0. The molecular weight excluding hydrogens is 196 g/mol. The largest absolute Gasteiger partial charge is 0.362 e. The second kappa shape index (κ2) is 5.59. The van der Waals surface area contributed by atoms with Gasteiger partial charge in [-0.1, -0.05) is 6.92 Å². The number of aromatic nitrogens is 2. The molecule has 1 rings (SSSR count). The molecule has 0 aliphatic rings. The topological polar surface area (TPSA) is 41.9 Å². The van der Waals surface area contributed by atoms with Gasteiger partial charge < -0.3 is 10.6 Å². The zero-order valence-electron chi connectivity index (χ0n) is 8.58. The minimum atomic E-state index is 0.633. The first-order valence-corrected chi connectivity index (χ1v) is 5.25. The van der Waals surface area contributed by atoms with Crippen molar-refractivity contribution in [1.29, 1.82) is 0 Å². The average Bonchev–Trinajstić information content (AvgIpc) is 2.62. The first-order valence-electron chi connectivity index (χ1n) is 4.84. The van der Waals surface area contributed by atoms with E-state index in [1.165, 1.54) is 0 Å². The van der Waals surface area contributed by atoms with Crippen LogP contribution in [0, 0.1) is 0 Å². The Morgan fingerprint density at radius 3 is 2.93 bits per heavy atom. The molecule has 0 spiro atoms. The summed E-state index contributed by atoms with van der Waals surface area (Å²) in [5.41, 5.74) is 0. The summed E-state index contributed by atoms with van der Waals surface area (Å²) in [6, 6.07) is 1.91. The molecule has 0 aliphatic carbocycles. The third kappa shape index (κ3) is 3.33. The monoisotopic (exact) mass is 212 g/mol. The summed E-state index contributed by atoms with van der Waals surface area (Å²) in [7, 11) is 0. The van der Waals surface area contributed by atoms with E-state index in [0.717, 1.165) is 25.3 Å². The van der Waals surface area contributed by atoms with Crippen LogP contribution < -0.4 is 10.6 Å². The number of thiocarbonyl (C=S) groups is 1. The van der Waals surface area contributed by atoms with E-state index in [9.17, 15) is 0 Å². The molecule has 2 N–H and O–H groups in total. The SMILES string of the molecule is CCCNC(=S)Nc1ccn(CC)n1. The van der Waals surface area contributed by atoms with Gasteiger partial charge in [-0.15, -0.1) is 0 Å². The van der Waals surface area contributed by atoms with E-state index >= 15 is 0 Å². The Morgan fingerprint density at radius 2 is 2.36 bits per heavy atom. The normalized spacial score (nSPS) is 9.86. The second-order valence-corrected chi connectivity index (χ2v) is 3.35. The van der Waals surface area contributed by atoms with Gasteiger partial charge in [-0.25, -0.2) is 0 Å². The van der Waals surface area contributed by atoms with Gasteiger partial charge in [0, 0.05) is 25.4 Å². The maximum Gasteiger partial charge on any atom is 0.171 e. The van der Waals surface area contributed by atoms with Crippen molar-refractivity contribution in [3.8, 4) is 0 Å². The lowest BCUT2D eigenvalue weighted by Gasteiger charge is -2.06. The minimum absolute atomic E-state index is 0.633. The molecule has 0 saturated heterocycles. The highest BCUT2D eigenvalue weighted by atomic mass is 32.1. The van der Waals surface area contributed by atoms with Crippen LogP contribution in [-0.2, 0) is 6.54 Å². The third-order valence-corrected chi connectivity index (χ3v) is 1.99. The van der Waals surface area contributed by atoms with Crippen molar-refractivity contribution >= 4 is 23.1 Å². The van der Waals surface area contributed by atoms with Gasteiger partial charge in [-0.2, -0.15) is 5.10 Å². The van der Waals surface area contributed by atoms with Crippen LogP contribution in [0.1, 0.15) is 20.3 Å². The highest BCUT2D eigenvalue weighted by Crippen LogP contribution is 2.01. The lowest BCUT2D eigenvalue weighted by molar-refractivity contribution is 0.662. The van der Waals surface area contributed by atoms with Crippen molar-refractivity contribution in [2.45, 2.75) is 26.8 Å². The molecule has 0 amide bonds. The Bertz CT molecular complexity index is 295. The Hall–Kier alpha value is -1.10. The van der Waals surface area contributed by atoms with Gasteiger partial charge in [-0.05, 0) is 25.6 Å². The molecule has 0 radical (unpaired) electrons. The number of anilines is 1. The van der Waals surface area contributed by atoms with Crippen molar-refractivity contribution in [1.82, 2.24) is 15.1 Å². The molecule has 0 atom stereocenters. The molecule has 0 unspecified atom stereocenters. The predicted octanol–water partition coefficient (Wildman–Crippen LogP) is 1.60. The van der Waals surface area contributed by atoms with E-state index in [1.54, 1.807) is 0 Å². The molecule has 5 heteroatoms. The quantitative estimate of drug-likeness (QED) is 0.744. The molecule has 0 saturated carbocycles. The molecule has 78 valence electrons. The number of nitrogens with one attached hydrogen (secondary N) is 2. The van der Waals surface area contributed by atoms with Gasteiger partial charge in [0.1, 0.15) is 0 Å². The molecule has 0 aliphatic heterocycles. The smallest absolute Gasteiger partial charge is 0.171 e. The Labute approximate surface area is 89.7 Å². The van der Waals surface area contributed by atoms with Gasteiger partial charge >= 0.3 is 0 Å². The van der Waals surface area contributed by atoms with E-state index in [2.05, 4.69) is 22.7 Å². The zero-order chi connectivity index (χ0) is 10.4. The zero-order valence-corrected chi connectivity index (χ0v) is 9.40. The van der Waals surface area contributed by atoms with Crippen molar-refractivity contribution < 1.29 is 0 Å². The van der Waals surface area contributed by atoms with Crippen LogP contribution in [0.5, 0.6) is 0 Å². The molecule has 1 aromatic rings. The van der Waals surface area contributed by atoms with Crippen LogP contribution in [0.15, 0.2) is 12.3 Å². The molecular formula is C9H16N4S. The first kappa shape index (κ1) is 11.0. The number of nitrogens with zero attached hydrogens (tertiary/aromatic N) is 2. The second-order valence-electron chi connectivity index (χ2n) is 2.94. The van der Waals surface area contributed by atoms with Crippen LogP contribution in [0.25, 0.3) is 0 Å². The maximum absolute atomic E-state index is 5.08. The minimum Gasteiger partial charge on any atom is -0.362 e. The fraction of sp³-hybridized carbons (Fsp3) is 0.556. The van der Waals surface area contributed by atoms with Crippen LogP contribution in [0.3, 0.4) is 0 Å². The lowest BCUT2D eigenvalue weighted by Crippen LogP contribution is -2.29. The van der Waals surface area contributed by atoms with Crippen molar-refractivity contribution in [2.75, 3.05) is 11.9 Å². The summed E-state index contributed by atoms with van der Waals surface area (Å²) in [6.07, 6.45) is 2.98. The molecule has 14 heavy (non-hydrogen) atoms. The summed E-state index contributed by atoms with van der Waals surface area (Å²) in [5.74, 6) is 0.792. The fourth-order valence-corrected chi connectivity index (χ4v) is 1.21. The van der Waals surface area contributed by atoms with E-state index in [1.807, 2.05) is 23.9 Å². The lowest BCUT2D eigenvalue weighted by atomic mass is 10.5. The molecule has 0 aromatic carbocycles. The number of hydrogen-bond acceptors (Lipinski definition) is 2. The molecule has 4 nitrogen and oxygen atoms in total. The Balaban J connectivity index is 2.39. The van der Waals surface area contributed by atoms with Crippen LogP contribution >= 0.6 is 12.2 Å². The van der Waals surface area contributed by atoms with Crippen molar-refractivity contribution in [3.05, 3.63) is 12.3 Å². The van der Waals surface area contributed by atoms with Crippen LogP contribution in [0.2, 0.25) is 0 Å². The van der Waals surface area contributed by atoms with E-state index in [4.69, 9.17) is 12.2 Å². The highest BCUT2D eigenvalue weighted by Gasteiger charge is 1.99. The fourth-order valence-electron chi connectivity index (χ4n) is 1.00. The van der Waals surface area contributed by atoms with Gasteiger partial charge in [0.05, 0.1) is 0 Å². The number of aryl methyl sites for hydroxylation is 1. The highest BCUT2D eigenvalue weighted by molar-refractivity contribution is 7.80. The van der Waals surface area contributed by atoms with Crippen LogP contribution in [0.4, 0.5) is 5.82 Å². The predicted molar refractivity (Wildman–Crippen MR) is 62.4 cm³/mol. The standard InChI is InChI=1S/C9H16N4S/c1-3-6-10-9(14)11-8-5-7-13(4-2)12-8/h5,7H,3-4,6H2,1-2H3,(H2,10,11,12,14). The van der Waals surface area contributed by atoms with Crippen molar-refractivity contribution in [2.24, 2.45) is 0 Å². The molecule has 1 heterocycles. The summed E-state index contributed by atoms with van der Waals surface area (Å²) < 4.78 is 1.85. The first-order chi connectivity index (χ1) is 6.76. The van der Waals surface area contributed by atoms with Gasteiger partial charge in [0.2, 0.25) is 0 Å². The maximum atomic E-state index is 5.08. The van der Waals surface area contributed by atoms with Gasteiger partial charge in [-0.3, -0.25) is 4.68 Å². The average molecular weight is 212 g/mol. The Kier molecular flexibility index (Phi) is 4.39. The van der Waals surface area contributed by atoms with Gasteiger partial charge in [0.15, 0.2) is 10.9 Å². The van der Waals surface area contributed by atoms with Crippen molar-refractivity contribution in [3.63, 3.8) is 0 Å². The van der Waals surface area contributed by atoms with Gasteiger partial charge in [0.25, 0.3) is 0 Å². The van der Waals surface area contributed by atoms with E-state index in [-0.39, 0.29) is 0 Å². The molecule has 0 bridgehead atoms. The van der Waals surface area contributed by atoms with Crippen LogP contribution in [-0.4, -0.2) is 21.4 Å². The number of rotatable bonds is 4. The Morgan fingerprint density at radius 1 is 1.57 bits per heavy atom. The number of hydrogen-bond donors (Lipinski definition) is 2. The van der Waals surface area contributed by atoms with E-state index in [0.29, 0.717) is 5.11 Å². The van der Waals surface area contributed by atoms with E-state index < -0.39 is 0 Å². The third-order valence-electron chi connectivity index (χ3n) is 1.74. The molecule has 1 aromatic heterocycles. The summed E-state index contributed by atoms with van der Waals surface area (Å²) >= 11 is 5.08. The summed E-state index contributed by atoms with van der Waals surface area (Å²) in [6.45, 7) is 5.91.